The highest BCUT2D eigenvalue weighted by molar-refractivity contribution is 7.80. The summed E-state index contributed by atoms with van der Waals surface area (Å²) < 4.78 is 5.95. The van der Waals surface area contributed by atoms with E-state index in [1.165, 1.54) is 38.5 Å². The molecule has 7 rings (SSSR count). The number of oxazole rings is 1. The van der Waals surface area contributed by atoms with Crippen LogP contribution in [-0.2, 0) is 4.79 Å². The van der Waals surface area contributed by atoms with Gasteiger partial charge in [0, 0.05) is 22.7 Å². The first kappa shape index (κ1) is 22.1. The molecule has 4 saturated carbocycles. The van der Waals surface area contributed by atoms with Crippen molar-refractivity contribution in [2.75, 3.05) is 5.32 Å². The van der Waals surface area contributed by atoms with Gasteiger partial charge in [0.05, 0.1) is 0 Å². The van der Waals surface area contributed by atoms with Gasteiger partial charge in [0.25, 0.3) is 0 Å². The lowest BCUT2D eigenvalue weighted by Crippen LogP contribution is -2.48. The molecule has 3 aromatic rings. The smallest absolute Gasteiger partial charge is 0.227 e. The summed E-state index contributed by atoms with van der Waals surface area (Å²) in [4.78, 5) is 17.5. The fourth-order valence-electron chi connectivity index (χ4n) is 7.19. The summed E-state index contributed by atoms with van der Waals surface area (Å²) >= 11 is 11.6. The number of carbonyl (C=O) groups is 1. The number of carbonyl (C=O) groups excluding carboxylic acids is 1. The summed E-state index contributed by atoms with van der Waals surface area (Å²) in [6, 6.07) is 11.2. The number of nitrogens with zero attached hydrogens (tertiary/aromatic N) is 1. The van der Waals surface area contributed by atoms with Crippen LogP contribution in [0.2, 0.25) is 5.02 Å². The highest BCUT2D eigenvalue weighted by Gasteiger charge is 2.51. The number of anilines is 1. The highest BCUT2D eigenvalue weighted by Crippen LogP contribution is 2.61. The van der Waals surface area contributed by atoms with Crippen LogP contribution in [0.5, 0.6) is 0 Å². The van der Waals surface area contributed by atoms with Crippen molar-refractivity contribution >= 4 is 51.6 Å². The number of thiocarbonyl (C=S) groups is 1. The molecule has 1 amide bonds. The van der Waals surface area contributed by atoms with Gasteiger partial charge in [-0.25, -0.2) is 4.98 Å². The molecule has 1 aromatic heterocycles. The van der Waals surface area contributed by atoms with Crippen LogP contribution in [0.4, 0.5) is 5.69 Å². The van der Waals surface area contributed by atoms with Crippen LogP contribution in [-0.4, -0.2) is 16.0 Å². The fourth-order valence-corrected chi connectivity index (χ4v) is 7.58. The van der Waals surface area contributed by atoms with Crippen LogP contribution >= 0.6 is 23.8 Å². The molecular formula is C27H28ClN3O2S. The van der Waals surface area contributed by atoms with Gasteiger partial charge in [0.1, 0.15) is 5.52 Å². The standard InChI is InChI=1S/C27H28ClN3O2S/c1-15-20(25-29-22-10-19(28)5-6-23(22)33-25)3-2-4-21(15)30-26(34)31-24(32)14-27-11-16-7-17(12-27)9-18(8-16)13-27/h2-6,10,16-18H,7-9,11-14H2,1H3,(H2,30,31,32,34). The van der Waals surface area contributed by atoms with E-state index in [0.717, 1.165) is 34.6 Å². The van der Waals surface area contributed by atoms with E-state index in [1.807, 2.05) is 31.2 Å². The molecular weight excluding hydrogens is 466 g/mol. The number of amides is 1. The molecule has 0 radical (unpaired) electrons. The zero-order valence-electron chi connectivity index (χ0n) is 19.2. The second-order valence-corrected chi connectivity index (χ2v) is 11.6. The number of hydrogen-bond donors (Lipinski definition) is 2. The van der Waals surface area contributed by atoms with Crippen molar-refractivity contribution in [3.8, 4) is 11.5 Å². The van der Waals surface area contributed by atoms with Crippen molar-refractivity contribution in [2.45, 2.75) is 51.9 Å². The maximum absolute atomic E-state index is 13.0. The lowest BCUT2D eigenvalue weighted by atomic mass is 9.49. The van der Waals surface area contributed by atoms with Gasteiger partial charge in [-0.1, -0.05) is 17.7 Å². The summed E-state index contributed by atoms with van der Waals surface area (Å²) in [5.74, 6) is 3.05. The van der Waals surface area contributed by atoms with Crippen molar-refractivity contribution in [1.29, 1.82) is 0 Å². The SMILES string of the molecule is Cc1c(NC(=S)NC(=O)CC23CC4CC(CC(C4)C2)C3)cccc1-c1nc2cc(Cl)ccc2o1. The second-order valence-electron chi connectivity index (χ2n) is 10.7. The molecule has 34 heavy (non-hydrogen) atoms. The molecule has 0 unspecified atom stereocenters. The first-order chi connectivity index (χ1) is 16.4. The predicted molar refractivity (Wildman–Crippen MR) is 139 cm³/mol. The maximum Gasteiger partial charge on any atom is 0.227 e. The van der Waals surface area contributed by atoms with Crippen molar-refractivity contribution in [3.05, 3.63) is 47.0 Å². The summed E-state index contributed by atoms with van der Waals surface area (Å²) in [6.45, 7) is 1.99. The Labute approximate surface area is 209 Å². The zero-order valence-corrected chi connectivity index (χ0v) is 20.8. The minimum Gasteiger partial charge on any atom is -0.436 e. The third-order valence-corrected chi connectivity index (χ3v) is 8.55. The third kappa shape index (κ3) is 4.11. The largest absolute Gasteiger partial charge is 0.436 e. The number of fused-ring (bicyclic) bond motifs is 1. The van der Waals surface area contributed by atoms with Gasteiger partial charge < -0.3 is 15.1 Å². The molecule has 4 bridgehead atoms. The quantitative estimate of drug-likeness (QED) is 0.388. The summed E-state index contributed by atoms with van der Waals surface area (Å²) in [5, 5.41) is 7.11. The Bertz CT molecular complexity index is 1260. The van der Waals surface area contributed by atoms with Gasteiger partial charge in [-0.05, 0) is 117 Å². The number of aromatic nitrogens is 1. The second kappa shape index (κ2) is 8.35. The third-order valence-electron chi connectivity index (χ3n) is 8.12. The van der Waals surface area contributed by atoms with Gasteiger partial charge in [-0.15, -0.1) is 0 Å². The van der Waals surface area contributed by atoms with Crippen molar-refractivity contribution in [1.82, 2.24) is 10.3 Å². The molecule has 2 N–H and O–H groups in total. The van der Waals surface area contributed by atoms with Crippen LogP contribution in [0.1, 0.15) is 50.5 Å². The minimum atomic E-state index is 0.0316. The number of nitrogens with one attached hydrogen (secondary N) is 2. The minimum absolute atomic E-state index is 0.0316. The Morgan fingerprint density at radius 3 is 2.56 bits per heavy atom. The van der Waals surface area contributed by atoms with E-state index in [4.69, 9.17) is 28.2 Å². The molecule has 4 aliphatic carbocycles. The number of rotatable bonds is 4. The normalized spacial score (nSPS) is 27.2. The molecule has 5 nitrogen and oxygen atoms in total. The Morgan fingerprint density at radius 2 is 1.85 bits per heavy atom. The first-order valence-electron chi connectivity index (χ1n) is 12.1. The maximum atomic E-state index is 13.0. The summed E-state index contributed by atoms with van der Waals surface area (Å²) in [7, 11) is 0. The van der Waals surface area contributed by atoms with Gasteiger partial charge in [0.15, 0.2) is 10.7 Å². The average Bonchev–Trinajstić information content (AvgIpc) is 3.16. The van der Waals surface area contributed by atoms with E-state index in [-0.39, 0.29) is 11.3 Å². The summed E-state index contributed by atoms with van der Waals surface area (Å²) in [6.07, 6.45) is 8.36. The molecule has 0 aliphatic heterocycles. The van der Waals surface area contributed by atoms with E-state index in [0.29, 0.717) is 33.5 Å². The van der Waals surface area contributed by atoms with E-state index < -0.39 is 0 Å². The molecule has 7 heteroatoms. The van der Waals surface area contributed by atoms with Gasteiger partial charge in [0.2, 0.25) is 11.8 Å². The topological polar surface area (TPSA) is 67.2 Å². The van der Waals surface area contributed by atoms with Gasteiger partial charge in [-0.3, -0.25) is 4.79 Å². The molecule has 0 atom stereocenters. The van der Waals surface area contributed by atoms with Crippen molar-refractivity contribution < 1.29 is 9.21 Å². The van der Waals surface area contributed by atoms with E-state index >= 15 is 0 Å². The lowest BCUT2D eigenvalue weighted by molar-refractivity contribution is -0.127. The molecule has 0 spiro atoms. The molecule has 1 heterocycles. The zero-order chi connectivity index (χ0) is 23.4. The van der Waals surface area contributed by atoms with Gasteiger partial charge in [-0.2, -0.15) is 0 Å². The van der Waals surface area contributed by atoms with Crippen LogP contribution in [0, 0.1) is 30.1 Å². The number of hydrogen-bond acceptors (Lipinski definition) is 4. The monoisotopic (exact) mass is 493 g/mol. The number of halogens is 1. The predicted octanol–water partition coefficient (Wildman–Crippen LogP) is 6.88. The molecule has 4 fully saturated rings. The molecule has 4 aliphatic rings. The van der Waals surface area contributed by atoms with E-state index in [1.54, 1.807) is 12.1 Å². The first-order valence-corrected chi connectivity index (χ1v) is 12.9. The highest BCUT2D eigenvalue weighted by atomic mass is 35.5. The van der Waals surface area contributed by atoms with E-state index in [2.05, 4.69) is 15.6 Å². The Morgan fingerprint density at radius 1 is 1.15 bits per heavy atom. The van der Waals surface area contributed by atoms with Crippen molar-refractivity contribution in [3.63, 3.8) is 0 Å². The summed E-state index contributed by atoms with van der Waals surface area (Å²) in [5.41, 5.74) is 4.22. The average molecular weight is 494 g/mol. The Hall–Kier alpha value is -2.44. The fraction of sp³-hybridized carbons (Fsp3) is 0.444. The van der Waals surface area contributed by atoms with Crippen molar-refractivity contribution in [2.24, 2.45) is 23.2 Å². The Kier molecular flexibility index (Phi) is 5.41. The molecule has 0 saturated heterocycles. The van der Waals surface area contributed by atoms with Crippen LogP contribution in [0.25, 0.3) is 22.6 Å². The molecule has 176 valence electrons. The van der Waals surface area contributed by atoms with Crippen LogP contribution in [0.3, 0.4) is 0 Å². The Balaban J connectivity index is 1.14. The lowest BCUT2D eigenvalue weighted by Gasteiger charge is -2.56. The van der Waals surface area contributed by atoms with Gasteiger partial charge >= 0.3 is 0 Å². The number of benzene rings is 2. The van der Waals surface area contributed by atoms with Crippen LogP contribution in [0.15, 0.2) is 40.8 Å². The molecule has 2 aromatic carbocycles. The van der Waals surface area contributed by atoms with E-state index in [9.17, 15) is 4.79 Å². The van der Waals surface area contributed by atoms with Crippen LogP contribution < -0.4 is 10.6 Å².